The Kier molecular flexibility index (Phi) is 3.89. The van der Waals surface area contributed by atoms with Gasteiger partial charge in [0.25, 0.3) is 0 Å². The third kappa shape index (κ3) is 3.11. The lowest BCUT2D eigenvalue weighted by Gasteiger charge is -2.09. The minimum Gasteiger partial charge on any atom is -0.472 e. The quantitative estimate of drug-likeness (QED) is 0.788. The predicted octanol–water partition coefficient (Wildman–Crippen LogP) is 2.47. The molecule has 3 rings (SSSR count). The van der Waals surface area contributed by atoms with Crippen molar-refractivity contribution >= 4 is 5.95 Å². The van der Waals surface area contributed by atoms with Crippen LogP contribution in [-0.4, -0.2) is 15.0 Å². The molecule has 0 aliphatic carbocycles. The van der Waals surface area contributed by atoms with Crippen molar-refractivity contribution in [1.29, 1.82) is 5.26 Å². The molecule has 0 aromatic carbocycles. The fourth-order valence-electron chi connectivity index (χ4n) is 1.99. The molecule has 0 unspecified atom stereocenters. The summed E-state index contributed by atoms with van der Waals surface area (Å²) in [5.74, 6) is 0.553. The highest BCUT2D eigenvalue weighted by Crippen LogP contribution is 2.28. The van der Waals surface area contributed by atoms with E-state index in [-0.39, 0.29) is 24.0 Å². The number of anilines is 1. The number of aryl methyl sites for hydroxylation is 1. The van der Waals surface area contributed by atoms with Gasteiger partial charge in [-0.2, -0.15) is 10.2 Å². The molecular weight excluding hydrogens is 294 g/mol. The van der Waals surface area contributed by atoms with Crippen molar-refractivity contribution in [2.75, 3.05) is 5.73 Å². The van der Waals surface area contributed by atoms with Crippen LogP contribution in [0.2, 0.25) is 0 Å². The van der Waals surface area contributed by atoms with E-state index in [1.54, 1.807) is 18.3 Å². The van der Waals surface area contributed by atoms with Crippen LogP contribution in [0.15, 0.2) is 41.1 Å². The van der Waals surface area contributed by atoms with Gasteiger partial charge in [-0.05, 0) is 25.1 Å². The molecule has 2 N–H and O–H groups in total. The molecule has 23 heavy (non-hydrogen) atoms. The molecule has 0 saturated heterocycles. The van der Waals surface area contributed by atoms with E-state index >= 15 is 0 Å². The molecule has 114 valence electrons. The Labute approximate surface area is 132 Å². The maximum Gasteiger partial charge on any atom is 0.237 e. The zero-order valence-electron chi connectivity index (χ0n) is 12.4. The summed E-state index contributed by atoms with van der Waals surface area (Å²) in [5, 5.41) is 9.42. The Bertz CT molecular complexity index is 851. The lowest BCUT2D eigenvalue weighted by Crippen LogP contribution is -2.06. The number of aromatic nitrogens is 3. The second-order valence-electron chi connectivity index (χ2n) is 4.80. The Morgan fingerprint density at radius 3 is 2.83 bits per heavy atom. The number of nitrogens with two attached hydrogens (primary N) is 1. The van der Waals surface area contributed by atoms with E-state index in [1.165, 1.54) is 6.26 Å². The van der Waals surface area contributed by atoms with Gasteiger partial charge in [0.1, 0.15) is 23.9 Å². The summed E-state index contributed by atoms with van der Waals surface area (Å²) >= 11 is 0. The maximum absolute atomic E-state index is 9.42. The topological polar surface area (TPSA) is 111 Å². The lowest BCUT2D eigenvalue weighted by atomic mass is 10.2. The molecule has 3 aromatic heterocycles. The van der Waals surface area contributed by atoms with Crippen LogP contribution in [0, 0.1) is 18.3 Å². The van der Waals surface area contributed by atoms with E-state index in [0.717, 1.165) is 11.3 Å². The van der Waals surface area contributed by atoms with Crippen LogP contribution in [0.3, 0.4) is 0 Å². The Morgan fingerprint density at radius 1 is 1.30 bits per heavy atom. The summed E-state index contributed by atoms with van der Waals surface area (Å²) in [4.78, 5) is 12.3. The van der Waals surface area contributed by atoms with Crippen LogP contribution < -0.4 is 10.5 Å². The average Bonchev–Trinajstić information content (AvgIpc) is 3.08. The minimum atomic E-state index is 0.00688. The van der Waals surface area contributed by atoms with Crippen molar-refractivity contribution in [2.24, 2.45) is 0 Å². The van der Waals surface area contributed by atoms with Crippen LogP contribution in [0.4, 0.5) is 5.95 Å². The SMILES string of the molecule is Cc1ccc(COc2nc(N)nc(-c3ccco3)c2C#N)cn1. The Balaban J connectivity index is 1.92. The van der Waals surface area contributed by atoms with Gasteiger partial charge in [0.05, 0.1) is 6.26 Å². The highest BCUT2D eigenvalue weighted by Gasteiger charge is 2.18. The lowest BCUT2D eigenvalue weighted by molar-refractivity contribution is 0.292. The summed E-state index contributed by atoms with van der Waals surface area (Å²) in [5.41, 5.74) is 7.97. The van der Waals surface area contributed by atoms with Crippen LogP contribution in [-0.2, 0) is 6.61 Å². The third-order valence-corrected chi connectivity index (χ3v) is 3.11. The highest BCUT2D eigenvalue weighted by molar-refractivity contribution is 5.65. The van der Waals surface area contributed by atoms with Crippen molar-refractivity contribution in [3.05, 3.63) is 53.5 Å². The summed E-state index contributed by atoms with van der Waals surface area (Å²) < 4.78 is 10.9. The molecule has 0 fully saturated rings. The number of pyridine rings is 1. The Hall–Kier alpha value is -3.40. The van der Waals surface area contributed by atoms with Crippen LogP contribution in [0.5, 0.6) is 5.88 Å². The van der Waals surface area contributed by atoms with Gasteiger partial charge >= 0.3 is 0 Å². The number of hydrogen-bond acceptors (Lipinski definition) is 7. The molecule has 0 amide bonds. The van der Waals surface area contributed by atoms with Gasteiger partial charge in [0, 0.05) is 17.5 Å². The second kappa shape index (κ2) is 6.15. The standard InChI is InChI=1S/C16H13N5O2/c1-10-4-5-11(8-19-10)9-23-15-12(7-17)14(20-16(18)21-15)13-3-2-6-22-13/h2-6,8H,9H2,1H3,(H2,18,20,21). The van der Waals surface area contributed by atoms with E-state index in [4.69, 9.17) is 14.9 Å². The minimum absolute atomic E-state index is 0.00688. The molecule has 7 heteroatoms. The smallest absolute Gasteiger partial charge is 0.237 e. The molecule has 0 radical (unpaired) electrons. The number of nitriles is 1. The van der Waals surface area contributed by atoms with E-state index in [0.29, 0.717) is 11.5 Å². The van der Waals surface area contributed by atoms with Crippen molar-refractivity contribution in [3.8, 4) is 23.4 Å². The van der Waals surface area contributed by atoms with Crippen LogP contribution >= 0.6 is 0 Å². The summed E-state index contributed by atoms with van der Waals surface area (Å²) in [7, 11) is 0. The summed E-state index contributed by atoms with van der Waals surface area (Å²) in [6.45, 7) is 2.12. The van der Waals surface area contributed by atoms with Crippen molar-refractivity contribution in [3.63, 3.8) is 0 Å². The molecule has 0 bridgehead atoms. The fraction of sp³-hybridized carbons (Fsp3) is 0.125. The Morgan fingerprint density at radius 2 is 2.17 bits per heavy atom. The summed E-state index contributed by atoms with van der Waals surface area (Å²) in [6, 6.07) is 9.21. The molecule has 3 heterocycles. The molecule has 3 aromatic rings. The summed E-state index contributed by atoms with van der Waals surface area (Å²) in [6.07, 6.45) is 3.20. The zero-order chi connectivity index (χ0) is 16.2. The molecule has 7 nitrogen and oxygen atoms in total. The third-order valence-electron chi connectivity index (χ3n) is 3.11. The van der Waals surface area contributed by atoms with Crippen molar-refractivity contribution in [2.45, 2.75) is 13.5 Å². The first-order chi connectivity index (χ1) is 11.2. The fourth-order valence-corrected chi connectivity index (χ4v) is 1.99. The highest BCUT2D eigenvalue weighted by atomic mass is 16.5. The number of furan rings is 1. The number of ether oxygens (including phenoxy) is 1. The van der Waals surface area contributed by atoms with Gasteiger partial charge in [0.15, 0.2) is 5.76 Å². The second-order valence-corrected chi connectivity index (χ2v) is 4.80. The molecule has 0 spiro atoms. The predicted molar refractivity (Wildman–Crippen MR) is 82.2 cm³/mol. The molecule has 0 saturated carbocycles. The first-order valence-corrected chi connectivity index (χ1v) is 6.83. The average molecular weight is 307 g/mol. The van der Waals surface area contributed by atoms with Gasteiger partial charge in [-0.25, -0.2) is 4.98 Å². The maximum atomic E-state index is 9.42. The van der Waals surface area contributed by atoms with E-state index in [9.17, 15) is 5.26 Å². The van der Waals surface area contributed by atoms with Gasteiger partial charge in [-0.3, -0.25) is 4.98 Å². The number of rotatable bonds is 4. The van der Waals surface area contributed by atoms with Gasteiger partial charge < -0.3 is 14.9 Å². The van der Waals surface area contributed by atoms with Gasteiger partial charge in [-0.1, -0.05) is 6.07 Å². The van der Waals surface area contributed by atoms with Crippen LogP contribution in [0.25, 0.3) is 11.5 Å². The van der Waals surface area contributed by atoms with Crippen LogP contribution in [0.1, 0.15) is 16.8 Å². The van der Waals surface area contributed by atoms with Gasteiger partial charge in [-0.15, -0.1) is 0 Å². The number of hydrogen-bond donors (Lipinski definition) is 1. The zero-order valence-corrected chi connectivity index (χ0v) is 12.4. The normalized spacial score (nSPS) is 10.3. The largest absolute Gasteiger partial charge is 0.472 e. The monoisotopic (exact) mass is 307 g/mol. The van der Waals surface area contributed by atoms with Gasteiger partial charge in [0.2, 0.25) is 11.8 Å². The number of nitrogen functional groups attached to an aromatic ring is 1. The number of nitrogens with zero attached hydrogens (tertiary/aromatic N) is 4. The van der Waals surface area contributed by atoms with E-state index < -0.39 is 0 Å². The first kappa shape index (κ1) is 14.5. The first-order valence-electron chi connectivity index (χ1n) is 6.83. The molecule has 0 aliphatic rings. The van der Waals surface area contributed by atoms with E-state index in [2.05, 4.69) is 15.0 Å². The van der Waals surface area contributed by atoms with E-state index in [1.807, 2.05) is 25.1 Å². The van der Waals surface area contributed by atoms with Crippen molar-refractivity contribution < 1.29 is 9.15 Å². The molecular formula is C16H13N5O2. The molecule has 0 aliphatic heterocycles. The van der Waals surface area contributed by atoms with Crippen molar-refractivity contribution in [1.82, 2.24) is 15.0 Å². The molecule has 0 atom stereocenters.